The number of rotatable bonds is 7. The van der Waals surface area contributed by atoms with Gasteiger partial charge in [0.15, 0.2) is 5.11 Å². The topological polar surface area (TPSA) is 50.6 Å². The van der Waals surface area contributed by atoms with Crippen molar-refractivity contribution in [2.75, 3.05) is 13.7 Å². The standard InChI is InChI=1S/C22H26N4OS/c1-4-17-11-16(2)12-19(13-17)27-10-9-26-15-18(14-24-25-22(28)23-3)20-7-5-6-8-21(20)26/h5-8,11-15H,4,9-10H2,1-3H3,(H2,23,25,28)/b24-14+. The largest absolute Gasteiger partial charge is 0.492 e. The number of thiocarbonyl (C=S) groups is 1. The molecule has 0 radical (unpaired) electrons. The van der Waals surface area contributed by atoms with Crippen LogP contribution in [0.4, 0.5) is 0 Å². The first kappa shape index (κ1) is 19.9. The van der Waals surface area contributed by atoms with Crippen LogP contribution in [0.1, 0.15) is 23.6 Å². The van der Waals surface area contributed by atoms with E-state index in [4.69, 9.17) is 17.0 Å². The Hall–Kier alpha value is -2.86. The summed E-state index contributed by atoms with van der Waals surface area (Å²) in [6.45, 7) is 5.62. The minimum atomic E-state index is 0.484. The molecule has 146 valence electrons. The predicted molar refractivity (Wildman–Crippen MR) is 120 cm³/mol. The van der Waals surface area contributed by atoms with Gasteiger partial charge in [0, 0.05) is 29.7 Å². The molecule has 0 amide bonds. The van der Waals surface area contributed by atoms with Crippen molar-refractivity contribution >= 4 is 34.4 Å². The third-order valence-corrected chi connectivity index (χ3v) is 4.83. The van der Waals surface area contributed by atoms with Crippen LogP contribution in [0.15, 0.2) is 53.8 Å². The molecule has 3 rings (SSSR count). The molecule has 3 aromatic rings. The normalized spacial score (nSPS) is 11.1. The maximum atomic E-state index is 6.03. The lowest BCUT2D eigenvalue weighted by Gasteiger charge is -2.10. The minimum Gasteiger partial charge on any atom is -0.492 e. The molecule has 0 fully saturated rings. The van der Waals surface area contributed by atoms with Crippen molar-refractivity contribution in [3.63, 3.8) is 0 Å². The number of ether oxygens (including phenoxy) is 1. The monoisotopic (exact) mass is 394 g/mol. The zero-order chi connectivity index (χ0) is 19.9. The molecular formula is C22H26N4OS. The Bertz CT molecular complexity index is 993. The Kier molecular flexibility index (Phi) is 6.66. The lowest BCUT2D eigenvalue weighted by atomic mass is 10.1. The van der Waals surface area contributed by atoms with Crippen molar-refractivity contribution in [3.05, 3.63) is 65.4 Å². The van der Waals surface area contributed by atoms with Crippen molar-refractivity contribution in [2.24, 2.45) is 5.10 Å². The van der Waals surface area contributed by atoms with E-state index >= 15 is 0 Å². The number of para-hydroxylation sites is 1. The van der Waals surface area contributed by atoms with Crippen LogP contribution in [-0.4, -0.2) is 29.5 Å². The van der Waals surface area contributed by atoms with E-state index in [9.17, 15) is 0 Å². The van der Waals surface area contributed by atoms with Gasteiger partial charge in [-0.3, -0.25) is 5.43 Å². The Labute approximate surface area is 171 Å². The fraction of sp³-hybridized carbons (Fsp3) is 0.273. The third kappa shape index (κ3) is 4.89. The van der Waals surface area contributed by atoms with Crippen molar-refractivity contribution in [1.82, 2.24) is 15.3 Å². The summed E-state index contributed by atoms with van der Waals surface area (Å²) in [7, 11) is 1.76. The maximum Gasteiger partial charge on any atom is 0.186 e. The minimum absolute atomic E-state index is 0.484. The van der Waals surface area contributed by atoms with E-state index in [-0.39, 0.29) is 0 Å². The lowest BCUT2D eigenvalue weighted by molar-refractivity contribution is 0.300. The third-order valence-electron chi connectivity index (χ3n) is 4.54. The van der Waals surface area contributed by atoms with E-state index in [0.29, 0.717) is 11.7 Å². The Morgan fingerprint density at radius 2 is 2.07 bits per heavy atom. The summed E-state index contributed by atoms with van der Waals surface area (Å²) in [4.78, 5) is 0. The van der Waals surface area contributed by atoms with Gasteiger partial charge in [-0.1, -0.05) is 31.2 Å². The highest BCUT2D eigenvalue weighted by molar-refractivity contribution is 7.80. The number of nitrogens with one attached hydrogen (secondary N) is 2. The molecule has 0 atom stereocenters. The summed E-state index contributed by atoms with van der Waals surface area (Å²) < 4.78 is 8.22. The van der Waals surface area contributed by atoms with E-state index in [1.54, 1.807) is 13.3 Å². The molecule has 2 aromatic carbocycles. The van der Waals surface area contributed by atoms with Crippen molar-refractivity contribution in [2.45, 2.75) is 26.8 Å². The molecule has 2 N–H and O–H groups in total. The quantitative estimate of drug-likeness (QED) is 0.361. The van der Waals surface area contributed by atoms with Crippen molar-refractivity contribution in [1.29, 1.82) is 0 Å². The van der Waals surface area contributed by atoms with E-state index in [2.05, 4.69) is 70.8 Å². The second-order valence-corrected chi connectivity index (χ2v) is 7.01. The fourth-order valence-electron chi connectivity index (χ4n) is 3.15. The lowest BCUT2D eigenvalue weighted by Crippen LogP contribution is -2.28. The van der Waals surface area contributed by atoms with Crippen LogP contribution in [0.3, 0.4) is 0 Å². The van der Waals surface area contributed by atoms with Crippen molar-refractivity contribution < 1.29 is 4.74 Å². The predicted octanol–water partition coefficient (Wildman–Crippen LogP) is 4.02. The van der Waals surface area contributed by atoms with Crippen LogP contribution in [0, 0.1) is 6.92 Å². The molecule has 1 aromatic heterocycles. The molecule has 28 heavy (non-hydrogen) atoms. The number of nitrogens with zero attached hydrogens (tertiary/aromatic N) is 2. The number of aromatic nitrogens is 1. The summed E-state index contributed by atoms with van der Waals surface area (Å²) in [5.41, 5.74) is 7.51. The smallest absolute Gasteiger partial charge is 0.186 e. The Balaban J connectivity index is 1.73. The van der Waals surface area contributed by atoms with Crippen LogP contribution >= 0.6 is 12.2 Å². The fourth-order valence-corrected chi connectivity index (χ4v) is 3.21. The number of aryl methyl sites for hydroxylation is 2. The second-order valence-electron chi connectivity index (χ2n) is 6.60. The zero-order valence-corrected chi connectivity index (χ0v) is 17.3. The number of hydrogen-bond acceptors (Lipinski definition) is 3. The van der Waals surface area contributed by atoms with Crippen LogP contribution in [0.25, 0.3) is 10.9 Å². The van der Waals surface area contributed by atoms with E-state index in [0.717, 1.165) is 35.2 Å². The first-order chi connectivity index (χ1) is 13.6. The summed E-state index contributed by atoms with van der Waals surface area (Å²) in [6.07, 6.45) is 4.89. The molecule has 0 saturated heterocycles. The molecular weight excluding hydrogens is 368 g/mol. The van der Waals surface area contributed by atoms with Crippen LogP contribution in [0.2, 0.25) is 0 Å². The summed E-state index contributed by atoms with van der Waals surface area (Å²) in [5.74, 6) is 0.930. The molecule has 0 saturated carbocycles. The van der Waals surface area contributed by atoms with Gasteiger partial charge in [-0.05, 0) is 54.9 Å². The second kappa shape index (κ2) is 9.37. The molecule has 0 aliphatic rings. The molecule has 6 heteroatoms. The average Bonchev–Trinajstić information content (AvgIpc) is 3.05. The number of hydrogen-bond donors (Lipinski definition) is 2. The zero-order valence-electron chi connectivity index (χ0n) is 16.5. The summed E-state index contributed by atoms with van der Waals surface area (Å²) >= 11 is 5.04. The van der Waals surface area contributed by atoms with Crippen molar-refractivity contribution in [3.8, 4) is 5.75 Å². The highest BCUT2D eigenvalue weighted by Crippen LogP contribution is 2.21. The molecule has 0 spiro atoms. The number of benzene rings is 2. The molecule has 1 heterocycles. The van der Waals surface area contributed by atoms with Gasteiger partial charge in [0.05, 0.1) is 12.8 Å². The number of hydrazone groups is 1. The first-order valence-electron chi connectivity index (χ1n) is 9.42. The van der Waals surface area contributed by atoms with Crippen LogP contribution in [-0.2, 0) is 13.0 Å². The molecule has 0 unspecified atom stereocenters. The van der Waals surface area contributed by atoms with Crippen LogP contribution in [0.5, 0.6) is 5.75 Å². The van der Waals surface area contributed by atoms with Gasteiger partial charge in [0.2, 0.25) is 0 Å². The van der Waals surface area contributed by atoms with Crippen LogP contribution < -0.4 is 15.5 Å². The van der Waals surface area contributed by atoms with Gasteiger partial charge in [-0.15, -0.1) is 0 Å². The number of fused-ring (bicyclic) bond motifs is 1. The SMILES string of the molecule is CCc1cc(C)cc(OCCn2cc(/C=N/NC(=S)NC)c3ccccc32)c1. The van der Waals surface area contributed by atoms with Gasteiger partial charge >= 0.3 is 0 Å². The summed E-state index contributed by atoms with van der Waals surface area (Å²) in [6, 6.07) is 14.7. The molecule has 5 nitrogen and oxygen atoms in total. The molecule has 0 aliphatic heterocycles. The first-order valence-corrected chi connectivity index (χ1v) is 9.83. The van der Waals surface area contributed by atoms with Gasteiger partial charge in [0.25, 0.3) is 0 Å². The van der Waals surface area contributed by atoms with E-state index in [1.165, 1.54) is 11.1 Å². The van der Waals surface area contributed by atoms with Gasteiger partial charge in [-0.25, -0.2) is 0 Å². The Morgan fingerprint density at radius 3 is 2.86 bits per heavy atom. The highest BCUT2D eigenvalue weighted by Gasteiger charge is 2.07. The summed E-state index contributed by atoms with van der Waals surface area (Å²) in [5, 5.41) is 8.67. The maximum absolute atomic E-state index is 6.03. The van der Waals surface area contributed by atoms with E-state index < -0.39 is 0 Å². The Morgan fingerprint density at radius 1 is 1.25 bits per heavy atom. The molecule has 0 bridgehead atoms. The van der Waals surface area contributed by atoms with Gasteiger partial charge in [0.1, 0.15) is 12.4 Å². The van der Waals surface area contributed by atoms with E-state index in [1.807, 2.05) is 12.1 Å². The van der Waals surface area contributed by atoms with Gasteiger partial charge in [-0.2, -0.15) is 5.10 Å². The van der Waals surface area contributed by atoms with Gasteiger partial charge < -0.3 is 14.6 Å². The average molecular weight is 395 g/mol. The highest BCUT2D eigenvalue weighted by atomic mass is 32.1. The molecule has 0 aliphatic carbocycles.